The van der Waals surface area contributed by atoms with Gasteiger partial charge in [0, 0.05) is 5.69 Å². The molecule has 78 valence electrons. The van der Waals surface area contributed by atoms with E-state index in [9.17, 15) is 0 Å². The second kappa shape index (κ2) is 3.87. The highest BCUT2D eigenvalue weighted by Crippen LogP contribution is 2.35. The molecule has 0 unspecified atom stereocenters. The molecule has 2 nitrogen and oxygen atoms in total. The molecule has 0 fully saturated rings. The minimum atomic E-state index is 0.580. The number of aromatic nitrogens is 1. The molecule has 4 heteroatoms. The lowest BCUT2D eigenvalue weighted by Gasteiger charge is -2.08. The molecule has 0 atom stereocenters. The predicted molar refractivity (Wildman–Crippen MR) is 63.1 cm³/mol. The van der Waals surface area contributed by atoms with E-state index in [4.69, 9.17) is 27.9 Å². The summed E-state index contributed by atoms with van der Waals surface area (Å²) < 4.78 is 5.22. The first-order chi connectivity index (χ1) is 7.13. The van der Waals surface area contributed by atoms with Gasteiger partial charge in [-0.2, -0.15) is 0 Å². The van der Waals surface area contributed by atoms with E-state index in [0.29, 0.717) is 21.3 Å². The van der Waals surface area contributed by atoms with Gasteiger partial charge in [-0.15, -0.1) is 0 Å². The normalized spacial score (nSPS) is 10.7. The van der Waals surface area contributed by atoms with Crippen molar-refractivity contribution in [3.63, 3.8) is 0 Å². The second-order valence-corrected chi connectivity index (χ2v) is 4.03. The maximum atomic E-state index is 6.14. The third kappa shape index (κ3) is 1.75. The van der Waals surface area contributed by atoms with E-state index < -0.39 is 0 Å². The first-order valence-corrected chi connectivity index (χ1v) is 5.18. The van der Waals surface area contributed by atoms with Crippen molar-refractivity contribution in [3.8, 4) is 5.75 Å². The Bertz CT molecular complexity index is 525. The number of benzene rings is 1. The van der Waals surface area contributed by atoms with Crippen molar-refractivity contribution in [1.29, 1.82) is 0 Å². The molecule has 0 spiro atoms. The van der Waals surface area contributed by atoms with Crippen molar-refractivity contribution < 1.29 is 4.74 Å². The van der Waals surface area contributed by atoms with Crippen molar-refractivity contribution in [2.45, 2.75) is 6.92 Å². The number of pyridine rings is 1. The SMILES string of the molecule is COc1ccc(Cl)c2nc(C)cc(Cl)c12. The lowest BCUT2D eigenvalue weighted by molar-refractivity contribution is 0.420. The van der Waals surface area contributed by atoms with Crippen LogP contribution < -0.4 is 4.74 Å². The Morgan fingerprint density at radius 3 is 2.60 bits per heavy atom. The van der Waals surface area contributed by atoms with E-state index in [-0.39, 0.29) is 0 Å². The molecule has 0 N–H and O–H groups in total. The first kappa shape index (κ1) is 10.5. The molecule has 15 heavy (non-hydrogen) atoms. The van der Waals surface area contributed by atoms with Gasteiger partial charge in [0.15, 0.2) is 0 Å². The molecule has 2 rings (SSSR count). The number of fused-ring (bicyclic) bond motifs is 1. The second-order valence-electron chi connectivity index (χ2n) is 3.22. The number of rotatable bonds is 1. The molecule has 1 aromatic heterocycles. The highest BCUT2D eigenvalue weighted by Gasteiger charge is 2.10. The smallest absolute Gasteiger partial charge is 0.129 e. The van der Waals surface area contributed by atoms with Gasteiger partial charge in [0.05, 0.1) is 28.1 Å². The Kier molecular flexibility index (Phi) is 2.72. The van der Waals surface area contributed by atoms with Crippen molar-refractivity contribution in [3.05, 3.63) is 33.9 Å². The van der Waals surface area contributed by atoms with Crippen molar-refractivity contribution in [2.75, 3.05) is 7.11 Å². The summed E-state index contributed by atoms with van der Waals surface area (Å²) in [6, 6.07) is 5.34. The van der Waals surface area contributed by atoms with Crippen LogP contribution in [0.4, 0.5) is 0 Å². The third-order valence-corrected chi connectivity index (χ3v) is 2.78. The van der Waals surface area contributed by atoms with Gasteiger partial charge in [0.2, 0.25) is 0 Å². The van der Waals surface area contributed by atoms with Crippen molar-refractivity contribution in [2.24, 2.45) is 0 Å². The number of hydrogen-bond acceptors (Lipinski definition) is 2. The molecule has 0 bridgehead atoms. The molecule has 0 aliphatic carbocycles. The average Bonchev–Trinajstić information content (AvgIpc) is 2.19. The summed E-state index contributed by atoms with van der Waals surface area (Å²) >= 11 is 12.2. The van der Waals surface area contributed by atoms with Gasteiger partial charge in [0.1, 0.15) is 5.75 Å². The maximum absolute atomic E-state index is 6.14. The molecular weight excluding hydrogens is 233 g/mol. The van der Waals surface area contributed by atoms with Crippen LogP contribution in [-0.4, -0.2) is 12.1 Å². The average molecular weight is 242 g/mol. The lowest BCUT2D eigenvalue weighted by atomic mass is 10.2. The largest absolute Gasteiger partial charge is 0.496 e. The first-order valence-electron chi connectivity index (χ1n) is 4.43. The van der Waals surface area contributed by atoms with E-state index in [1.54, 1.807) is 25.3 Å². The van der Waals surface area contributed by atoms with Crippen LogP contribution in [-0.2, 0) is 0 Å². The third-order valence-electron chi connectivity index (χ3n) is 2.17. The zero-order chi connectivity index (χ0) is 11.0. The number of aryl methyl sites for hydroxylation is 1. The fourth-order valence-electron chi connectivity index (χ4n) is 1.52. The molecular formula is C11H9Cl2NO. The number of ether oxygens (including phenoxy) is 1. The summed E-state index contributed by atoms with van der Waals surface area (Å²) in [5, 5.41) is 1.95. The van der Waals surface area contributed by atoms with Gasteiger partial charge < -0.3 is 4.74 Å². The number of halogens is 2. The molecule has 2 aromatic rings. The molecule has 0 amide bonds. The summed E-state index contributed by atoms with van der Waals surface area (Å²) in [5.41, 5.74) is 1.52. The molecule has 0 aliphatic rings. The number of methoxy groups -OCH3 is 1. The minimum Gasteiger partial charge on any atom is -0.496 e. The summed E-state index contributed by atoms with van der Waals surface area (Å²) in [5.74, 6) is 0.687. The van der Waals surface area contributed by atoms with Crippen LogP contribution in [0.15, 0.2) is 18.2 Å². The van der Waals surface area contributed by atoms with Crippen LogP contribution in [0.2, 0.25) is 10.0 Å². The molecule has 0 saturated carbocycles. The van der Waals surface area contributed by atoms with Crippen LogP contribution in [0.25, 0.3) is 10.9 Å². The highest BCUT2D eigenvalue weighted by molar-refractivity contribution is 6.39. The Balaban J connectivity index is 2.93. The van der Waals surface area contributed by atoms with Crippen LogP contribution in [0.3, 0.4) is 0 Å². The van der Waals surface area contributed by atoms with Crippen LogP contribution in [0.1, 0.15) is 5.69 Å². The Hall–Kier alpha value is -0.990. The van der Waals surface area contributed by atoms with Gasteiger partial charge in [-0.1, -0.05) is 23.2 Å². The fraction of sp³-hybridized carbons (Fsp3) is 0.182. The monoisotopic (exact) mass is 241 g/mol. The molecule has 0 aliphatic heterocycles. The zero-order valence-electron chi connectivity index (χ0n) is 8.34. The minimum absolute atomic E-state index is 0.580. The van der Waals surface area contributed by atoms with E-state index in [1.165, 1.54) is 0 Å². The topological polar surface area (TPSA) is 22.1 Å². The van der Waals surface area contributed by atoms with Crippen LogP contribution in [0, 0.1) is 6.92 Å². The summed E-state index contributed by atoms with van der Waals surface area (Å²) in [6.45, 7) is 1.88. The van der Waals surface area contributed by atoms with E-state index >= 15 is 0 Å². The lowest BCUT2D eigenvalue weighted by Crippen LogP contribution is -1.90. The number of hydrogen-bond donors (Lipinski definition) is 0. The zero-order valence-corrected chi connectivity index (χ0v) is 9.86. The van der Waals surface area contributed by atoms with E-state index in [2.05, 4.69) is 4.98 Å². The summed E-state index contributed by atoms with van der Waals surface area (Å²) in [4.78, 5) is 4.35. The van der Waals surface area contributed by atoms with Crippen LogP contribution in [0.5, 0.6) is 5.75 Å². The predicted octanol–water partition coefficient (Wildman–Crippen LogP) is 3.86. The van der Waals surface area contributed by atoms with Gasteiger partial charge in [-0.25, -0.2) is 0 Å². The molecule has 0 radical (unpaired) electrons. The van der Waals surface area contributed by atoms with Gasteiger partial charge in [-0.3, -0.25) is 4.98 Å². The Labute approximate surface area is 97.8 Å². The fourth-order valence-corrected chi connectivity index (χ4v) is 2.06. The van der Waals surface area contributed by atoms with E-state index in [1.807, 2.05) is 6.92 Å². The van der Waals surface area contributed by atoms with Gasteiger partial charge in [0.25, 0.3) is 0 Å². The van der Waals surface area contributed by atoms with Crippen molar-refractivity contribution >= 4 is 34.1 Å². The summed E-state index contributed by atoms with van der Waals surface area (Å²) in [7, 11) is 1.60. The van der Waals surface area contributed by atoms with Gasteiger partial charge in [-0.05, 0) is 25.1 Å². The van der Waals surface area contributed by atoms with Gasteiger partial charge >= 0.3 is 0 Å². The molecule has 1 heterocycles. The molecule has 0 saturated heterocycles. The Morgan fingerprint density at radius 1 is 1.20 bits per heavy atom. The van der Waals surface area contributed by atoms with E-state index in [0.717, 1.165) is 11.1 Å². The molecule has 1 aromatic carbocycles. The van der Waals surface area contributed by atoms with Crippen LogP contribution >= 0.6 is 23.2 Å². The van der Waals surface area contributed by atoms with Crippen molar-refractivity contribution in [1.82, 2.24) is 4.98 Å². The highest BCUT2D eigenvalue weighted by atomic mass is 35.5. The summed E-state index contributed by atoms with van der Waals surface area (Å²) in [6.07, 6.45) is 0. The number of nitrogens with zero attached hydrogens (tertiary/aromatic N) is 1. The quantitative estimate of drug-likeness (QED) is 0.757. The maximum Gasteiger partial charge on any atom is 0.129 e. The standard InChI is InChI=1S/C11H9Cl2NO/c1-6-5-8(13)10-9(15-2)4-3-7(12)11(10)14-6/h3-5H,1-2H3. The Morgan fingerprint density at radius 2 is 1.93 bits per heavy atom.